The number of carbonyl (C=O) groups is 1. The molecule has 0 saturated carbocycles. The summed E-state index contributed by atoms with van der Waals surface area (Å²) in [5.74, 6) is 5.82. The maximum atomic E-state index is 14.0. The Morgan fingerprint density at radius 1 is 1.00 bits per heavy atom. The first-order valence-electron chi connectivity index (χ1n) is 12.1. The number of amides is 1. The van der Waals surface area contributed by atoms with Crippen LogP contribution in [0.2, 0.25) is 0 Å². The number of nitrogens with one attached hydrogen (secondary N) is 1. The second-order valence-electron chi connectivity index (χ2n) is 8.84. The van der Waals surface area contributed by atoms with Crippen molar-refractivity contribution >= 4 is 22.9 Å². The molecule has 6 aromatic rings. The van der Waals surface area contributed by atoms with Gasteiger partial charge in [-0.3, -0.25) is 19.1 Å². The minimum atomic E-state index is -0.582. The van der Waals surface area contributed by atoms with Gasteiger partial charge in [-0.1, -0.05) is 30.0 Å². The van der Waals surface area contributed by atoms with Gasteiger partial charge in [0.2, 0.25) is 0 Å². The fourth-order valence-electron chi connectivity index (χ4n) is 4.49. The van der Waals surface area contributed by atoms with Crippen LogP contribution in [0.3, 0.4) is 0 Å². The molecule has 39 heavy (non-hydrogen) atoms. The van der Waals surface area contributed by atoms with Gasteiger partial charge in [-0.25, -0.2) is 9.50 Å². The number of nitrogen functional groups attached to an aromatic ring is 1. The molecule has 10 nitrogen and oxygen atoms in total. The Labute approximate surface area is 222 Å². The Balaban J connectivity index is 1.45. The van der Waals surface area contributed by atoms with Gasteiger partial charge in [0.1, 0.15) is 11.1 Å². The van der Waals surface area contributed by atoms with Crippen LogP contribution >= 0.6 is 0 Å². The minimum Gasteiger partial charge on any atom is -0.381 e. The Kier molecular flexibility index (Phi) is 5.86. The summed E-state index contributed by atoms with van der Waals surface area (Å²) in [5, 5.41) is 7.14. The Bertz CT molecular complexity index is 1960. The lowest BCUT2D eigenvalue weighted by atomic mass is 10.1. The van der Waals surface area contributed by atoms with Gasteiger partial charge in [0.15, 0.2) is 11.5 Å². The normalized spacial score (nSPS) is 11.7. The number of benzene rings is 1. The average molecular weight is 515 g/mol. The lowest BCUT2D eigenvalue weighted by Crippen LogP contribution is -2.33. The van der Waals surface area contributed by atoms with Crippen LogP contribution < -0.4 is 16.6 Å². The van der Waals surface area contributed by atoms with Crippen LogP contribution in [0, 0.1) is 11.8 Å². The van der Waals surface area contributed by atoms with Crippen molar-refractivity contribution < 1.29 is 4.79 Å². The SMILES string of the molecule is C[C@H](NC(=O)c1c(N)nn2cccnc12)c1cn2ccc(C#Cc3ccncc3)c2c(=O)n1-c1ccccc1. The van der Waals surface area contributed by atoms with Crippen molar-refractivity contribution in [3.63, 3.8) is 0 Å². The molecule has 0 unspecified atom stereocenters. The number of aromatic nitrogens is 6. The number of hydrogen-bond acceptors (Lipinski definition) is 6. The molecule has 6 rings (SSSR count). The molecular weight excluding hydrogens is 492 g/mol. The number of rotatable bonds is 4. The highest BCUT2D eigenvalue weighted by atomic mass is 16.2. The zero-order valence-corrected chi connectivity index (χ0v) is 20.8. The van der Waals surface area contributed by atoms with E-state index in [9.17, 15) is 9.59 Å². The van der Waals surface area contributed by atoms with Crippen LogP contribution in [0.25, 0.3) is 16.9 Å². The Hall–Kier alpha value is -5.69. The van der Waals surface area contributed by atoms with E-state index in [1.54, 1.807) is 59.0 Å². The first-order chi connectivity index (χ1) is 19.0. The van der Waals surface area contributed by atoms with Gasteiger partial charge in [0.05, 0.1) is 17.3 Å². The summed E-state index contributed by atoms with van der Waals surface area (Å²) in [7, 11) is 0. The fourth-order valence-corrected chi connectivity index (χ4v) is 4.49. The minimum absolute atomic E-state index is 0.0668. The van der Waals surface area contributed by atoms with Gasteiger partial charge >= 0.3 is 0 Å². The predicted molar refractivity (Wildman–Crippen MR) is 146 cm³/mol. The van der Waals surface area contributed by atoms with E-state index in [1.165, 1.54) is 4.52 Å². The molecule has 0 radical (unpaired) electrons. The molecule has 0 saturated heterocycles. The number of para-hydroxylation sites is 1. The van der Waals surface area contributed by atoms with Gasteiger partial charge in [-0.2, -0.15) is 0 Å². The van der Waals surface area contributed by atoms with E-state index in [1.807, 2.05) is 48.7 Å². The highest BCUT2D eigenvalue weighted by Gasteiger charge is 2.24. The van der Waals surface area contributed by atoms with Crippen LogP contribution in [-0.2, 0) is 0 Å². The van der Waals surface area contributed by atoms with Gasteiger partial charge in [0.25, 0.3) is 11.5 Å². The summed E-state index contributed by atoms with van der Waals surface area (Å²) in [6.45, 7) is 1.81. The first-order valence-corrected chi connectivity index (χ1v) is 12.1. The third-order valence-corrected chi connectivity index (χ3v) is 6.33. The van der Waals surface area contributed by atoms with E-state index in [4.69, 9.17) is 5.73 Å². The molecule has 10 heteroatoms. The quantitative estimate of drug-likeness (QED) is 0.349. The Morgan fingerprint density at radius 2 is 1.79 bits per heavy atom. The average Bonchev–Trinajstić information content (AvgIpc) is 3.52. The van der Waals surface area contributed by atoms with Crippen LogP contribution in [0.5, 0.6) is 0 Å². The fraction of sp³-hybridized carbons (Fsp3) is 0.0690. The maximum Gasteiger partial charge on any atom is 0.280 e. The van der Waals surface area contributed by atoms with E-state index >= 15 is 0 Å². The van der Waals surface area contributed by atoms with Crippen LogP contribution in [0.15, 0.2) is 96.6 Å². The van der Waals surface area contributed by atoms with E-state index in [-0.39, 0.29) is 16.9 Å². The molecule has 0 aliphatic rings. The molecule has 1 amide bonds. The molecule has 0 aliphatic carbocycles. The summed E-state index contributed by atoms with van der Waals surface area (Å²) in [6, 6.07) is 15.8. The number of fused-ring (bicyclic) bond motifs is 2. The largest absolute Gasteiger partial charge is 0.381 e. The van der Waals surface area contributed by atoms with E-state index in [0.29, 0.717) is 28.1 Å². The van der Waals surface area contributed by atoms with Gasteiger partial charge in [-0.15, -0.1) is 5.10 Å². The summed E-state index contributed by atoms with van der Waals surface area (Å²) >= 11 is 0. The number of pyridine rings is 1. The molecule has 3 N–H and O–H groups in total. The molecule has 5 aromatic heterocycles. The number of carbonyl (C=O) groups excluding carboxylic acids is 1. The Morgan fingerprint density at radius 3 is 2.59 bits per heavy atom. The molecule has 0 bridgehead atoms. The molecule has 5 heterocycles. The third kappa shape index (κ3) is 4.28. The van der Waals surface area contributed by atoms with Crippen molar-refractivity contribution in [1.29, 1.82) is 0 Å². The molecule has 0 aliphatic heterocycles. The second-order valence-corrected chi connectivity index (χ2v) is 8.84. The molecule has 190 valence electrons. The summed E-state index contributed by atoms with van der Waals surface area (Å²) in [4.78, 5) is 35.6. The van der Waals surface area contributed by atoms with E-state index in [0.717, 1.165) is 5.56 Å². The number of hydrogen-bond donors (Lipinski definition) is 2. The number of anilines is 1. The third-order valence-electron chi connectivity index (χ3n) is 6.33. The lowest BCUT2D eigenvalue weighted by molar-refractivity contribution is 0.0941. The molecule has 1 atom stereocenters. The lowest BCUT2D eigenvalue weighted by Gasteiger charge is -2.20. The van der Waals surface area contributed by atoms with Crippen LogP contribution in [0.1, 0.15) is 40.1 Å². The molecular formula is C29H22N8O2. The smallest absolute Gasteiger partial charge is 0.280 e. The summed E-state index contributed by atoms with van der Waals surface area (Å²) in [5.41, 5.74) is 9.35. The highest BCUT2D eigenvalue weighted by molar-refractivity contribution is 6.04. The monoisotopic (exact) mass is 514 g/mol. The van der Waals surface area contributed by atoms with Crippen molar-refractivity contribution in [2.45, 2.75) is 13.0 Å². The zero-order chi connectivity index (χ0) is 26.9. The zero-order valence-electron chi connectivity index (χ0n) is 20.8. The van der Waals surface area contributed by atoms with Gasteiger partial charge < -0.3 is 15.5 Å². The van der Waals surface area contributed by atoms with Gasteiger partial charge in [0, 0.05) is 48.4 Å². The number of nitrogens with two attached hydrogens (primary N) is 1. The topological polar surface area (TPSA) is 125 Å². The van der Waals surface area contributed by atoms with Crippen molar-refractivity contribution in [2.75, 3.05) is 5.73 Å². The van der Waals surface area contributed by atoms with Crippen LogP contribution in [0.4, 0.5) is 5.82 Å². The van der Waals surface area contributed by atoms with Gasteiger partial charge in [-0.05, 0) is 43.3 Å². The van der Waals surface area contributed by atoms with Crippen LogP contribution in [-0.4, -0.2) is 34.5 Å². The highest BCUT2D eigenvalue weighted by Crippen LogP contribution is 2.21. The number of nitrogens with zero attached hydrogens (tertiary/aromatic N) is 6. The predicted octanol–water partition coefficient (Wildman–Crippen LogP) is 3.00. The molecule has 0 spiro atoms. The van der Waals surface area contributed by atoms with E-state index < -0.39 is 11.9 Å². The maximum absolute atomic E-state index is 14.0. The van der Waals surface area contributed by atoms with Crippen molar-refractivity contribution in [3.8, 4) is 17.5 Å². The standard InChI is InChI=1S/C29H22N8O2/c1-19(33-28(38)24-26(30)34-36-16-5-13-32-27(24)36)23-18-35-17-12-21(9-8-20-10-14-31-15-11-20)25(35)29(39)37(23)22-6-3-2-4-7-22/h2-7,10-19H,1H3,(H2,30,34)(H,33,38)/t19-/m0/s1. The molecule has 1 aromatic carbocycles. The van der Waals surface area contributed by atoms with E-state index in [2.05, 4.69) is 32.2 Å². The van der Waals surface area contributed by atoms with Crippen molar-refractivity contribution in [3.05, 3.63) is 125 Å². The second kappa shape index (κ2) is 9.64. The van der Waals surface area contributed by atoms with Crippen molar-refractivity contribution in [1.82, 2.24) is 33.9 Å². The summed E-state index contributed by atoms with van der Waals surface area (Å²) in [6.07, 6.45) is 10.2. The van der Waals surface area contributed by atoms with Crippen molar-refractivity contribution in [2.24, 2.45) is 0 Å². The summed E-state index contributed by atoms with van der Waals surface area (Å²) < 4.78 is 4.78. The molecule has 0 fully saturated rings. The first kappa shape index (κ1) is 23.7.